The number of Topliss-reactive ketones (excluding diaryl/α,β-unsaturated/α-hetero) is 2. The molecule has 0 unspecified atom stereocenters. The Morgan fingerprint density at radius 3 is 2.12 bits per heavy atom. The zero-order chi connectivity index (χ0) is 28.2. The van der Waals surface area contributed by atoms with Gasteiger partial charge in [-0.3, -0.25) is 9.59 Å². The lowest BCUT2D eigenvalue weighted by molar-refractivity contribution is -0.145. The van der Waals surface area contributed by atoms with E-state index < -0.39 is 29.4 Å². The summed E-state index contributed by atoms with van der Waals surface area (Å²) in [5.74, 6) is -1.17. The number of ether oxygens (including phenoxy) is 4. The number of nitrogens with zero attached hydrogens (tertiary/aromatic N) is 1. The Morgan fingerprint density at radius 1 is 0.850 bits per heavy atom. The topological polar surface area (TPSA) is 91.4 Å². The molecule has 8 nitrogen and oxygen atoms in total. The Bertz CT molecular complexity index is 1540. The Labute approximate surface area is 232 Å². The lowest BCUT2D eigenvalue weighted by Crippen LogP contribution is -2.48. The number of anilines is 1. The van der Waals surface area contributed by atoms with E-state index >= 15 is 0 Å². The fourth-order valence-corrected chi connectivity index (χ4v) is 6.83. The molecule has 3 aromatic carbocycles. The van der Waals surface area contributed by atoms with E-state index in [4.69, 9.17) is 18.9 Å². The molecule has 2 aliphatic heterocycles. The molecule has 40 heavy (non-hydrogen) atoms. The molecular weight excluding hydrogens is 510 g/mol. The van der Waals surface area contributed by atoms with Crippen LogP contribution in [0, 0.1) is 5.41 Å². The molecule has 0 aromatic heterocycles. The Kier molecular flexibility index (Phi) is 6.13. The number of ketones is 2. The van der Waals surface area contributed by atoms with Gasteiger partial charge in [-0.1, -0.05) is 60.7 Å². The maximum atomic E-state index is 14.7. The third kappa shape index (κ3) is 3.22. The molecule has 204 valence electrons. The smallest absolute Gasteiger partial charge is 0.329 e. The van der Waals surface area contributed by atoms with E-state index in [1.807, 2.05) is 41.3 Å². The summed E-state index contributed by atoms with van der Waals surface area (Å²) < 4.78 is 22.7. The summed E-state index contributed by atoms with van der Waals surface area (Å²) in [6, 6.07) is 16.1. The minimum Gasteiger partial charge on any atom is -0.493 e. The van der Waals surface area contributed by atoms with E-state index in [0.717, 1.165) is 11.3 Å². The average Bonchev–Trinajstić information content (AvgIpc) is 3.42. The maximum Gasteiger partial charge on any atom is 0.329 e. The normalized spacial score (nSPS) is 21.6. The van der Waals surface area contributed by atoms with Crippen molar-refractivity contribution in [3.05, 3.63) is 89.0 Å². The first kappa shape index (κ1) is 25.7. The number of carbonyl (C=O) groups is 3. The van der Waals surface area contributed by atoms with Gasteiger partial charge < -0.3 is 23.8 Å². The quantitative estimate of drug-likeness (QED) is 0.329. The highest BCUT2D eigenvalue weighted by Gasteiger charge is 2.72. The molecule has 8 heteroatoms. The zero-order valence-electron chi connectivity index (χ0n) is 22.7. The summed E-state index contributed by atoms with van der Waals surface area (Å²) in [5, 5.41) is 0. The Morgan fingerprint density at radius 2 is 1.50 bits per heavy atom. The molecule has 0 saturated carbocycles. The van der Waals surface area contributed by atoms with Crippen molar-refractivity contribution in [2.75, 3.05) is 32.8 Å². The molecule has 0 radical (unpaired) electrons. The second-order valence-electron chi connectivity index (χ2n) is 9.94. The van der Waals surface area contributed by atoms with Crippen molar-refractivity contribution in [1.82, 2.24) is 0 Å². The fraction of sp³-hybridized carbons (Fsp3) is 0.281. The summed E-state index contributed by atoms with van der Waals surface area (Å²) in [7, 11) is 4.48. The second kappa shape index (κ2) is 9.55. The van der Waals surface area contributed by atoms with Gasteiger partial charge in [-0.15, -0.1) is 0 Å². The van der Waals surface area contributed by atoms with E-state index in [-0.39, 0.29) is 23.9 Å². The first-order chi connectivity index (χ1) is 19.4. The lowest BCUT2D eigenvalue weighted by Gasteiger charge is -2.36. The molecule has 2 heterocycles. The third-order valence-corrected chi connectivity index (χ3v) is 8.31. The number of carbonyl (C=O) groups excluding carboxylic acids is 3. The van der Waals surface area contributed by atoms with Crippen molar-refractivity contribution in [3.63, 3.8) is 0 Å². The first-order valence-corrected chi connectivity index (χ1v) is 13.1. The van der Waals surface area contributed by atoms with Crippen molar-refractivity contribution in [2.45, 2.75) is 24.9 Å². The number of rotatable bonds is 6. The lowest BCUT2D eigenvalue weighted by atomic mass is 9.64. The van der Waals surface area contributed by atoms with E-state index in [2.05, 4.69) is 0 Å². The summed E-state index contributed by atoms with van der Waals surface area (Å²) in [5.41, 5.74) is 1.11. The van der Waals surface area contributed by atoms with Gasteiger partial charge in [-0.25, -0.2) is 4.79 Å². The van der Waals surface area contributed by atoms with Gasteiger partial charge in [0, 0.05) is 28.3 Å². The first-order valence-electron chi connectivity index (χ1n) is 13.1. The van der Waals surface area contributed by atoms with Crippen LogP contribution in [0.5, 0.6) is 17.2 Å². The highest BCUT2D eigenvalue weighted by Crippen LogP contribution is 2.62. The molecule has 0 bridgehead atoms. The molecule has 0 amide bonds. The predicted molar refractivity (Wildman–Crippen MR) is 149 cm³/mol. The van der Waals surface area contributed by atoms with Gasteiger partial charge in [0.15, 0.2) is 23.1 Å². The summed E-state index contributed by atoms with van der Waals surface area (Å²) in [4.78, 5) is 45.2. The van der Waals surface area contributed by atoms with Gasteiger partial charge in [0.2, 0.25) is 5.75 Å². The van der Waals surface area contributed by atoms with E-state index in [0.29, 0.717) is 28.2 Å². The van der Waals surface area contributed by atoms with Crippen molar-refractivity contribution in [2.24, 2.45) is 5.41 Å². The van der Waals surface area contributed by atoms with Crippen LogP contribution in [-0.2, 0) is 9.53 Å². The Balaban J connectivity index is 1.72. The number of esters is 1. The molecule has 1 spiro atoms. The molecule has 3 aromatic rings. The summed E-state index contributed by atoms with van der Waals surface area (Å²) >= 11 is 0. The maximum absolute atomic E-state index is 14.7. The highest BCUT2D eigenvalue weighted by atomic mass is 16.5. The van der Waals surface area contributed by atoms with Gasteiger partial charge in [-0.05, 0) is 24.6 Å². The van der Waals surface area contributed by atoms with Gasteiger partial charge in [-0.2, -0.15) is 0 Å². The Hall–Kier alpha value is -4.59. The van der Waals surface area contributed by atoms with E-state index in [9.17, 15) is 14.4 Å². The zero-order valence-corrected chi connectivity index (χ0v) is 22.7. The van der Waals surface area contributed by atoms with Crippen LogP contribution >= 0.6 is 0 Å². The van der Waals surface area contributed by atoms with Crippen molar-refractivity contribution in [1.29, 1.82) is 0 Å². The standard InChI is InChI=1S/C32H29NO7/c1-5-40-31(36)26-25(21-15-16-23(37-2)28(39-4)27(21)38-3)32(29(34)19-11-7-8-12-20(19)30(32)35)24-17-14-18-10-6-9-13-22(18)33(24)26/h6-17,24-26H,5H2,1-4H3/t24-,25+,26+/m1/s1. The van der Waals surface area contributed by atoms with Gasteiger partial charge in [0.05, 0.1) is 34.0 Å². The molecule has 3 aliphatic rings. The number of benzene rings is 3. The van der Waals surface area contributed by atoms with Crippen molar-refractivity contribution < 1.29 is 33.3 Å². The molecule has 1 saturated heterocycles. The van der Waals surface area contributed by atoms with Crippen LogP contribution in [0.1, 0.15) is 44.7 Å². The van der Waals surface area contributed by atoms with Crippen LogP contribution in [-0.4, -0.2) is 57.6 Å². The second-order valence-corrected chi connectivity index (χ2v) is 9.94. The van der Waals surface area contributed by atoms with Gasteiger partial charge in [0.25, 0.3) is 0 Å². The number of fused-ring (bicyclic) bond motifs is 5. The predicted octanol–water partition coefficient (Wildman–Crippen LogP) is 4.71. The number of hydrogen-bond acceptors (Lipinski definition) is 8. The van der Waals surface area contributed by atoms with Crippen LogP contribution in [0.4, 0.5) is 5.69 Å². The third-order valence-electron chi connectivity index (χ3n) is 8.31. The highest BCUT2D eigenvalue weighted by molar-refractivity contribution is 6.32. The van der Waals surface area contributed by atoms with Gasteiger partial charge >= 0.3 is 5.97 Å². The monoisotopic (exact) mass is 539 g/mol. The minimum absolute atomic E-state index is 0.135. The average molecular weight is 540 g/mol. The summed E-state index contributed by atoms with van der Waals surface area (Å²) in [6.45, 7) is 1.87. The molecule has 1 aliphatic carbocycles. The van der Waals surface area contributed by atoms with E-state index in [1.54, 1.807) is 43.3 Å². The van der Waals surface area contributed by atoms with Crippen LogP contribution < -0.4 is 19.1 Å². The van der Waals surface area contributed by atoms with Crippen molar-refractivity contribution >= 4 is 29.3 Å². The molecular formula is C32H29NO7. The summed E-state index contributed by atoms with van der Waals surface area (Å²) in [6.07, 6.45) is 3.78. The van der Waals surface area contributed by atoms with E-state index in [1.165, 1.54) is 21.3 Å². The molecule has 0 N–H and O–H groups in total. The largest absolute Gasteiger partial charge is 0.493 e. The van der Waals surface area contributed by atoms with Crippen LogP contribution in [0.15, 0.2) is 66.7 Å². The molecule has 3 atom stereocenters. The number of para-hydroxylation sites is 1. The molecule has 1 fully saturated rings. The van der Waals surface area contributed by atoms with Crippen LogP contribution in [0.25, 0.3) is 6.08 Å². The fourth-order valence-electron chi connectivity index (χ4n) is 6.83. The van der Waals surface area contributed by atoms with Crippen LogP contribution in [0.2, 0.25) is 0 Å². The SMILES string of the molecule is CCOC(=O)[C@@H]1[C@H](c2ccc(OC)c(OC)c2OC)C2(C(=O)c3ccccc3C2=O)[C@H]2C=Cc3ccccc3N12. The molecule has 6 rings (SSSR count). The van der Waals surface area contributed by atoms with Crippen molar-refractivity contribution in [3.8, 4) is 17.2 Å². The van der Waals surface area contributed by atoms with Crippen LogP contribution in [0.3, 0.4) is 0 Å². The number of hydrogen-bond donors (Lipinski definition) is 0. The van der Waals surface area contributed by atoms with Gasteiger partial charge in [0.1, 0.15) is 11.5 Å². The number of methoxy groups -OCH3 is 3. The minimum atomic E-state index is -1.67.